The Morgan fingerprint density at radius 1 is 1.18 bits per heavy atom. The molecule has 0 heterocycles. The number of benzene rings is 1. The van der Waals surface area contributed by atoms with Gasteiger partial charge in [0.05, 0.1) is 6.54 Å². The fourth-order valence-corrected chi connectivity index (χ4v) is 1.34. The van der Waals surface area contributed by atoms with Crippen molar-refractivity contribution in [3.05, 3.63) is 35.4 Å². The lowest BCUT2D eigenvalue weighted by Crippen LogP contribution is -2.37. The Bertz CT molecular complexity index is 383. The van der Waals surface area contributed by atoms with Crippen molar-refractivity contribution in [1.29, 1.82) is 0 Å². The van der Waals surface area contributed by atoms with Gasteiger partial charge < -0.3 is 10.6 Å². The number of hydrogen-bond donors (Lipinski definition) is 2. The lowest BCUT2D eigenvalue weighted by atomic mass is 10.2. The van der Waals surface area contributed by atoms with Crippen molar-refractivity contribution in [2.75, 3.05) is 13.1 Å². The number of halogens is 2. The van der Waals surface area contributed by atoms with Crippen molar-refractivity contribution < 1.29 is 8.78 Å². The van der Waals surface area contributed by atoms with Crippen molar-refractivity contribution in [2.24, 2.45) is 4.99 Å². The number of nitrogens with one attached hydrogen (secondary N) is 2. The molecule has 0 spiro atoms. The number of hydrogen-bond acceptors (Lipinski definition) is 1. The van der Waals surface area contributed by atoms with E-state index in [1.165, 1.54) is 0 Å². The fourth-order valence-electron chi connectivity index (χ4n) is 1.34. The maximum atomic E-state index is 13.3. The molecular weight excluding hydrogens is 224 g/mol. The zero-order chi connectivity index (χ0) is 12.7. The number of rotatable bonds is 4. The van der Waals surface area contributed by atoms with E-state index in [4.69, 9.17) is 0 Å². The van der Waals surface area contributed by atoms with Gasteiger partial charge in [-0.25, -0.2) is 13.8 Å². The van der Waals surface area contributed by atoms with Crippen LogP contribution < -0.4 is 10.6 Å². The third-order valence-electron chi connectivity index (χ3n) is 2.10. The molecule has 0 aliphatic heterocycles. The molecule has 2 N–H and O–H groups in total. The molecule has 94 valence electrons. The Labute approximate surface area is 99.9 Å². The first kappa shape index (κ1) is 13.4. The minimum Gasteiger partial charge on any atom is -0.357 e. The molecule has 0 amide bonds. The van der Waals surface area contributed by atoms with E-state index in [-0.39, 0.29) is 12.1 Å². The molecule has 3 nitrogen and oxygen atoms in total. The smallest absolute Gasteiger partial charge is 0.191 e. The molecule has 5 heteroatoms. The zero-order valence-corrected chi connectivity index (χ0v) is 10.1. The molecule has 0 unspecified atom stereocenters. The van der Waals surface area contributed by atoms with Crippen LogP contribution in [0, 0.1) is 11.6 Å². The lowest BCUT2D eigenvalue weighted by molar-refractivity contribution is 0.585. The van der Waals surface area contributed by atoms with E-state index in [9.17, 15) is 8.78 Å². The summed E-state index contributed by atoms with van der Waals surface area (Å²) < 4.78 is 26.2. The Balaban J connectivity index is 2.74. The van der Waals surface area contributed by atoms with E-state index < -0.39 is 11.6 Å². The highest BCUT2D eigenvalue weighted by Crippen LogP contribution is 2.10. The van der Waals surface area contributed by atoms with Gasteiger partial charge in [-0.2, -0.15) is 0 Å². The van der Waals surface area contributed by atoms with E-state index >= 15 is 0 Å². The summed E-state index contributed by atoms with van der Waals surface area (Å²) in [6.07, 6.45) is 0. The van der Waals surface area contributed by atoms with Gasteiger partial charge in [0.1, 0.15) is 11.6 Å². The molecule has 0 atom stereocenters. The predicted octanol–water partition coefficient (Wildman–Crippen LogP) is 2.04. The van der Waals surface area contributed by atoms with Crippen LogP contribution in [0.1, 0.15) is 19.4 Å². The van der Waals surface area contributed by atoms with E-state index in [2.05, 4.69) is 15.6 Å². The predicted molar refractivity (Wildman–Crippen MR) is 64.9 cm³/mol. The van der Waals surface area contributed by atoms with Crippen LogP contribution in [0.2, 0.25) is 0 Å². The SMILES string of the molecule is CCNC(=NCc1cc(F)ccc1F)NCC. The summed E-state index contributed by atoms with van der Waals surface area (Å²) in [4.78, 5) is 4.16. The average Bonchev–Trinajstić information content (AvgIpc) is 2.30. The maximum absolute atomic E-state index is 13.3. The number of guanidine groups is 1. The van der Waals surface area contributed by atoms with E-state index in [0.29, 0.717) is 5.96 Å². The van der Waals surface area contributed by atoms with Gasteiger partial charge in [0.25, 0.3) is 0 Å². The number of aliphatic imine (C=N–C) groups is 1. The molecule has 0 saturated carbocycles. The molecule has 1 rings (SSSR count). The highest BCUT2D eigenvalue weighted by molar-refractivity contribution is 5.79. The summed E-state index contributed by atoms with van der Waals surface area (Å²) in [5.74, 6) is -0.300. The molecule has 0 saturated heterocycles. The van der Waals surface area contributed by atoms with E-state index in [0.717, 1.165) is 31.3 Å². The topological polar surface area (TPSA) is 36.4 Å². The summed E-state index contributed by atoms with van der Waals surface area (Å²) in [5, 5.41) is 6.02. The van der Waals surface area contributed by atoms with Gasteiger partial charge in [0.2, 0.25) is 0 Å². The molecule has 1 aromatic rings. The highest BCUT2D eigenvalue weighted by atomic mass is 19.1. The Morgan fingerprint density at radius 2 is 1.82 bits per heavy atom. The summed E-state index contributed by atoms with van der Waals surface area (Å²) in [6.45, 7) is 5.43. The van der Waals surface area contributed by atoms with Crippen LogP contribution in [0.3, 0.4) is 0 Å². The monoisotopic (exact) mass is 241 g/mol. The first-order chi connectivity index (χ1) is 8.17. The fraction of sp³-hybridized carbons (Fsp3) is 0.417. The third-order valence-corrected chi connectivity index (χ3v) is 2.10. The van der Waals surface area contributed by atoms with Gasteiger partial charge in [-0.3, -0.25) is 0 Å². The molecular formula is C12H17F2N3. The van der Waals surface area contributed by atoms with E-state index in [1.54, 1.807) is 0 Å². The lowest BCUT2D eigenvalue weighted by Gasteiger charge is -2.09. The van der Waals surface area contributed by atoms with Gasteiger partial charge in [-0.05, 0) is 32.0 Å². The van der Waals surface area contributed by atoms with Crippen LogP contribution in [0.15, 0.2) is 23.2 Å². The van der Waals surface area contributed by atoms with Crippen LogP contribution in [0.25, 0.3) is 0 Å². The summed E-state index contributed by atoms with van der Waals surface area (Å²) in [5.41, 5.74) is 0.248. The third kappa shape index (κ3) is 4.38. The van der Waals surface area contributed by atoms with Crippen LogP contribution in [0.5, 0.6) is 0 Å². The van der Waals surface area contributed by atoms with Gasteiger partial charge in [-0.15, -0.1) is 0 Å². The van der Waals surface area contributed by atoms with Gasteiger partial charge in [0, 0.05) is 18.7 Å². The van der Waals surface area contributed by atoms with Crippen molar-refractivity contribution in [3.63, 3.8) is 0 Å². The standard InChI is InChI=1S/C12H17F2N3/c1-3-15-12(16-4-2)17-8-9-7-10(13)5-6-11(9)14/h5-7H,3-4,8H2,1-2H3,(H2,15,16,17). The largest absolute Gasteiger partial charge is 0.357 e. The van der Waals surface area contributed by atoms with Crippen LogP contribution in [0.4, 0.5) is 8.78 Å². The second kappa shape index (κ2) is 6.83. The molecule has 1 aromatic carbocycles. The summed E-state index contributed by atoms with van der Waals surface area (Å²) in [6, 6.07) is 3.37. The Hall–Kier alpha value is -1.65. The first-order valence-electron chi connectivity index (χ1n) is 5.63. The molecule has 0 aliphatic carbocycles. The quantitative estimate of drug-likeness (QED) is 0.625. The minimum atomic E-state index is -0.454. The van der Waals surface area contributed by atoms with Crippen molar-refractivity contribution in [2.45, 2.75) is 20.4 Å². The number of nitrogens with zero attached hydrogens (tertiary/aromatic N) is 1. The molecule has 0 aromatic heterocycles. The van der Waals surface area contributed by atoms with E-state index in [1.807, 2.05) is 13.8 Å². The molecule has 17 heavy (non-hydrogen) atoms. The molecule has 0 aliphatic rings. The molecule has 0 fully saturated rings. The second-order valence-corrected chi connectivity index (χ2v) is 3.46. The summed E-state index contributed by atoms with van der Waals surface area (Å²) >= 11 is 0. The first-order valence-corrected chi connectivity index (χ1v) is 5.63. The highest BCUT2D eigenvalue weighted by Gasteiger charge is 2.03. The Kier molecular flexibility index (Phi) is 5.39. The van der Waals surface area contributed by atoms with Crippen molar-refractivity contribution >= 4 is 5.96 Å². The van der Waals surface area contributed by atoms with Gasteiger partial charge in [-0.1, -0.05) is 0 Å². The molecule has 0 bridgehead atoms. The Morgan fingerprint density at radius 3 is 2.41 bits per heavy atom. The van der Waals surface area contributed by atoms with Crippen LogP contribution in [-0.2, 0) is 6.54 Å². The average molecular weight is 241 g/mol. The summed E-state index contributed by atoms with van der Waals surface area (Å²) in [7, 11) is 0. The second-order valence-electron chi connectivity index (χ2n) is 3.46. The van der Waals surface area contributed by atoms with Crippen LogP contribution in [-0.4, -0.2) is 19.0 Å². The van der Waals surface area contributed by atoms with Crippen molar-refractivity contribution in [3.8, 4) is 0 Å². The molecule has 0 radical (unpaired) electrons. The minimum absolute atomic E-state index is 0.110. The van der Waals surface area contributed by atoms with Crippen molar-refractivity contribution in [1.82, 2.24) is 10.6 Å². The van der Waals surface area contributed by atoms with Gasteiger partial charge in [0.15, 0.2) is 5.96 Å². The zero-order valence-electron chi connectivity index (χ0n) is 10.1. The van der Waals surface area contributed by atoms with Crippen LogP contribution >= 0.6 is 0 Å². The van der Waals surface area contributed by atoms with Gasteiger partial charge >= 0.3 is 0 Å². The normalized spacial score (nSPS) is 9.88. The maximum Gasteiger partial charge on any atom is 0.191 e.